The number of amides is 4. The first-order valence-electron chi connectivity index (χ1n) is 10.9. The Bertz CT molecular complexity index is 998. The Morgan fingerprint density at radius 2 is 1.94 bits per heavy atom. The van der Waals surface area contributed by atoms with Crippen molar-refractivity contribution in [2.24, 2.45) is 5.92 Å². The predicted molar refractivity (Wildman–Crippen MR) is 121 cm³/mol. The summed E-state index contributed by atoms with van der Waals surface area (Å²) in [5.41, 5.74) is 2.13. The maximum Gasteiger partial charge on any atom is 0.325 e. The van der Waals surface area contributed by atoms with Crippen molar-refractivity contribution in [2.45, 2.75) is 58.0 Å². The lowest BCUT2D eigenvalue weighted by atomic mass is 9.80. The summed E-state index contributed by atoms with van der Waals surface area (Å²) in [7, 11) is 0. The van der Waals surface area contributed by atoms with Gasteiger partial charge in [-0.3, -0.25) is 14.5 Å². The van der Waals surface area contributed by atoms with Crippen LogP contribution in [0.3, 0.4) is 0 Å². The second kappa shape index (κ2) is 8.46. The summed E-state index contributed by atoms with van der Waals surface area (Å²) in [5, 5.41) is 7.77. The van der Waals surface area contributed by atoms with Crippen molar-refractivity contribution in [3.63, 3.8) is 0 Å². The number of nitrogens with one attached hydrogen (secondary N) is 2. The molecule has 2 aliphatic rings. The van der Waals surface area contributed by atoms with Crippen molar-refractivity contribution in [1.29, 1.82) is 0 Å². The lowest BCUT2D eigenvalue weighted by molar-refractivity contribution is -0.135. The van der Waals surface area contributed by atoms with Crippen molar-refractivity contribution in [3.05, 3.63) is 57.3 Å². The highest BCUT2D eigenvalue weighted by molar-refractivity contribution is 7.10. The first-order valence-corrected chi connectivity index (χ1v) is 11.8. The normalized spacial score (nSPS) is 21.4. The number of nitrogens with zero attached hydrogens (tertiary/aromatic N) is 1. The summed E-state index contributed by atoms with van der Waals surface area (Å²) in [4.78, 5) is 40.7. The van der Waals surface area contributed by atoms with Crippen molar-refractivity contribution >= 4 is 29.2 Å². The van der Waals surface area contributed by atoms with E-state index < -0.39 is 11.6 Å². The van der Waals surface area contributed by atoms with E-state index in [1.54, 1.807) is 11.3 Å². The number of benzene rings is 1. The van der Waals surface area contributed by atoms with Gasteiger partial charge in [-0.05, 0) is 61.1 Å². The Morgan fingerprint density at radius 3 is 2.65 bits per heavy atom. The number of carbonyl (C=O) groups excluding carboxylic acids is 3. The number of imide groups is 1. The minimum Gasteiger partial charge on any atom is -0.348 e. The maximum absolute atomic E-state index is 13.2. The summed E-state index contributed by atoms with van der Waals surface area (Å²) in [6, 6.07) is 9.42. The summed E-state index contributed by atoms with van der Waals surface area (Å²) in [6.07, 6.45) is 3.34. The van der Waals surface area contributed by atoms with E-state index in [-0.39, 0.29) is 24.4 Å². The number of urea groups is 1. The highest BCUT2D eigenvalue weighted by Crippen LogP contribution is 2.42. The van der Waals surface area contributed by atoms with E-state index in [0.717, 1.165) is 40.2 Å². The number of aryl methyl sites for hydroxylation is 1. The molecule has 7 heteroatoms. The smallest absolute Gasteiger partial charge is 0.325 e. The average molecular weight is 440 g/mol. The zero-order valence-electron chi connectivity index (χ0n) is 18.2. The summed E-state index contributed by atoms with van der Waals surface area (Å²) in [6.45, 7) is 6.00. The molecule has 4 amide bonds. The van der Waals surface area contributed by atoms with Gasteiger partial charge in [0.15, 0.2) is 0 Å². The van der Waals surface area contributed by atoms with Crippen LogP contribution < -0.4 is 10.6 Å². The molecule has 0 saturated carbocycles. The minimum atomic E-state index is -1.01. The third kappa shape index (κ3) is 4.11. The summed E-state index contributed by atoms with van der Waals surface area (Å²) >= 11 is 1.61. The summed E-state index contributed by atoms with van der Waals surface area (Å²) < 4.78 is 0. The van der Waals surface area contributed by atoms with E-state index in [0.29, 0.717) is 12.3 Å². The van der Waals surface area contributed by atoms with Crippen LogP contribution in [0.2, 0.25) is 0 Å². The van der Waals surface area contributed by atoms with Crippen LogP contribution in [-0.2, 0) is 28.0 Å². The van der Waals surface area contributed by atoms with Crippen LogP contribution in [0.25, 0.3) is 0 Å². The number of hydrogen-bond donors (Lipinski definition) is 2. The van der Waals surface area contributed by atoms with Gasteiger partial charge in [0.25, 0.3) is 5.91 Å². The third-order valence-electron chi connectivity index (χ3n) is 6.14. The molecule has 164 valence electrons. The molecule has 6 nitrogen and oxygen atoms in total. The van der Waals surface area contributed by atoms with Crippen molar-refractivity contribution < 1.29 is 14.4 Å². The van der Waals surface area contributed by atoms with Gasteiger partial charge < -0.3 is 10.6 Å². The molecule has 1 saturated heterocycles. The van der Waals surface area contributed by atoms with Gasteiger partial charge in [0, 0.05) is 10.4 Å². The van der Waals surface area contributed by atoms with E-state index >= 15 is 0 Å². The molecule has 2 N–H and O–H groups in total. The molecule has 0 radical (unpaired) electrons. The fourth-order valence-electron chi connectivity index (χ4n) is 4.61. The van der Waals surface area contributed by atoms with Crippen molar-refractivity contribution in [1.82, 2.24) is 15.5 Å². The standard InChI is InChI=1S/C24H29N3O3S/c1-15(2)13-17-6-8-18(9-7-17)16(3)25-21(28)14-27-22(29)24(26-23(27)30)11-4-5-20-19(24)10-12-31-20/h6-10,12,15-16H,4-5,11,13-14H2,1-3H3,(H,25,28)(H,26,30). The van der Waals surface area contributed by atoms with Gasteiger partial charge in [0.2, 0.25) is 5.91 Å². The Balaban J connectivity index is 1.41. The molecule has 1 aromatic heterocycles. The molecular weight excluding hydrogens is 410 g/mol. The predicted octanol–water partition coefficient (Wildman–Crippen LogP) is 3.91. The van der Waals surface area contributed by atoms with Crippen molar-refractivity contribution in [3.8, 4) is 0 Å². The van der Waals surface area contributed by atoms with Crippen LogP contribution in [0.5, 0.6) is 0 Å². The Kier molecular flexibility index (Phi) is 5.88. The molecule has 1 aromatic carbocycles. The molecular formula is C24H29N3O3S. The molecule has 2 aromatic rings. The van der Waals surface area contributed by atoms with Gasteiger partial charge >= 0.3 is 6.03 Å². The fraction of sp³-hybridized carbons (Fsp3) is 0.458. The number of carbonyl (C=O) groups is 3. The molecule has 2 heterocycles. The number of fused-ring (bicyclic) bond motifs is 2. The second-order valence-electron chi connectivity index (χ2n) is 8.97. The number of rotatable bonds is 6. The molecule has 1 aliphatic heterocycles. The van der Waals surface area contributed by atoms with Gasteiger partial charge in [0.05, 0.1) is 6.04 Å². The first-order chi connectivity index (χ1) is 14.8. The quantitative estimate of drug-likeness (QED) is 0.670. The van der Waals surface area contributed by atoms with E-state index in [4.69, 9.17) is 0 Å². The summed E-state index contributed by atoms with van der Waals surface area (Å²) in [5.74, 6) is -0.0805. The molecule has 0 bridgehead atoms. The maximum atomic E-state index is 13.2. The zero-order valence-corrected chi connectivity index (χ0v) is 19.1. The Labute approximate surface area is 187 Å². The SMILES string of the molecule is CC(C)Cc1ccc(C(C)NC(=O)CN2C(=O)NC3(CCCc4sccc43)C2=O)cc1. The Morgan fingerprint density at radius 1 is 1.19 bits per heavy atom. The lowest BCUT2D eigenvalue weighted by Gasteiger charge is -2.31. The van der Waals surface area contributed by atoms with Gasteiger partial charge in [-0.25, -0.2) is 4.79 Å². The molecule has 1 spiro atoms. The number of hydrogen-bond acceptors (Lipinski definition) is 4. The van der Waals surface area contributed by atoms with Crippen LogP contribution in [0, 0.1) is 5.92 Å². The average Bonchev–Trinajstić information content (AvgIpc) is 3.29. The topological polar surface area (TPSA) is 78.5 Å². The molecule has 2 atom stereocenters. The highest BCUT2D eigenvalue weighted by atomic mass is 32.1. The molecule has 1 aliphatic carbocycles. The van der Waals surface area contributed by atoms with Crippen LogP contribution in [0.4, 0.5) is 4.79 Å². The Hall–Kier alpha value is -2.67. The molecule has 4 rings (SSSR count). The van der Waals surface area contributed by atoms with Gasteiger partial charge in [-0.15, -0.1) is 11.3 Å². The van der Waals surface area contributed by atoms with Crippen molar-refractivity contribution in [2.75, 3.05) is 6.54 Å². The second-order valence-corrected chi connectivity index (χ2v) is 9.97. The lowest BCUT2D eigenvalue weighted by Crippen LogP contribution is -2.47. The van der Waals surface area contributed by atoms with Gasteiger partial charge in [-0.2, -0.15) is 0 Å². The van der Waals surface area contributed by atoms with Crippen LogP contribution in [0.15, 0.2) is 35.7 Å². The number of thiophene rings is 1. The molecule has 31 heavy (non-hydrogen) atoms. The van der Waals surface area contributed by atoms with Crippen LogP contribution >= 0.6 is 11.3 Å². The zero-order chi connectivity index (χ0) is 22.2. The first kappa shape index (κ1) is 21.6. The molecule has 2 unspecified atom stereocenters. The van der Waals surface area contributed by atoms with Gasteiger partial charge in [-0.1, -0.05) is 38.1 Å². The van der Waals surface area contributed by atoms with E-state index in [2.05, 4.69) is 36.6 Å². The van der Waals surface area contributed by atoms with Crippen LogP contribution in [-0.4, -0.2) is 29.3 Å². The highest BCUT2D eigenvalue weighted by Gasteiger charge is 2.54. The largest absolute Gasteiger partial charge is 0.348 e. The van der Waals surface area contributed by atoms with E-state index in [9.17, 15) is 14.4 Å². The van der Waals surface area contributed by atoms with E-state index in [1.807, 2.05) is 30.5 Å². The fourth-order valence-corrected chi connectivity index (χ4v) is 5.61. The van der Waals surface area contributed by atoms with Gasteiger partial charge in [0.1, 0.15) is 12.1 Å². The van der Waals surface area contributed by atoms with Crippen LogP contribution in [0.1, 0.15) is 61.2 Å². The third-order valence-corrected chi connectivity index (χ3v) is 7.12. The molecule has 1 fully saturated rings. The van der Waals surface area contributed by atoms with E-state index in [1.165, 1.54) is 5.56 Å². The minimum absolute atomic E-state index is 0.214. The monoisotopic (exact) mass is 439 g/mol.